The maximum absolute atomic E-state index is 11.7. The molecular weight excluding hydrogens is 192 g/mol. The monoisotopic (exact) mass is 208 g/mol. The molecule has 0 radical (unpaired) electrons. The summed E-state index contributed by atoms with van der Waals surface area (Å²) >= 11 is 0. The van der Waals surface area contributed by atoms with Crippen molar-refractivity contribution in [2.24, 2.45) is 5.92 Å². The van der Waals surface area contributed by atoms with Crippen molar-refractivity contribution >= 4 is 11.7 Å². The Hall–Kier alpha value is -1.58. The van der Waals surface area contributed by atoms with E-state index in [0.717, 1.165) is 0 Å². The van der Waals surface area contributed by atoms with Gasteiger partial charge in [-0.2, -0.15) is 0 Å². The van der Waals surface area contributed by atoms with E-state index in [0.29, 0.717) is 11.3 Å². The Morgan fingerprint density at radius 3 is 2.67 bits per heavy atom. The van der Waals surface area contributed by atoms with Gasteiger partial charge in [-0.1, -0.05) is 13.8 Å². The highest BCUT2D eigenvalue weighted by molar-refractivity contribution is 5.94. The number of hydrogen-bond donors (Lipinski definition) is 1. The van der Waals surface area contributed by atoms with Gasteiger partial charge >= 0.3 is 5.97 Å². The van der Waals surface area contributed by atoms with Crippen LogP contribution in [-0.2, 0) is 4.74 Å². The lowest BCUT2D eigenvalue weighted by Gasteiger charge is -2.16. The van der Waals surface area contributed by atoms with Crippen molar-refractivity contribution in [3.8, 4) is 0 Å². The van der Waals surface area contributed by atoms with Crippen molar-refractivity contribution in [2.75, 3.05) is 5.73 Å². The van der Waals surface area contributed by atoms with Gasteiger partial charge < -0.3 is 10.5 Å². The minimum Gasteiger partial charge on any atom is -0.459 e. The molecule has 1 aromatic rings. The first-order valence-corrected chi connectivity index (χ1v) is 4.93. The van der Waals surface area contributed by atoms with Crippen LogP contribution < -0.4 is 5.73 Å². The van der Waals surface area contributed by atoms with E-state index in [-0.39, 0.29) is 12.0 Å². The summed E-state index contributed by atoms with van der Waals surface area (Å²) in [4.78, 5) is 15.5. The summed E-state index contributed by atoms with van der Waals surface area (Å²) in [7, 11) is 0. The van der Waals surface area contributed by atoms with Crippen LogP contribution in [0.15, 0.2) is 18.5 Å². The molecule has 0 spiro atoms. The predicted molar refractivity (Wildman–Crippen MR) is 58.4 cm³/mol. The highest BCUT2D eigenvalue weighted by atomic mass is 16.5. The highest BCUT2D eigenvalue weighted by Crippen LogP contribution is 2.13. The highest BCUT2D eigenvalue weighted by Gasteiger charge is 2.16. The third kappa shape index (κ3) is 2.94. The molecule has 4 nitrogen and oxygen atoms in total. The Bertz CT molecular complexity index is 350. The third-order valence-electron chi connectivity index (χ3n) is 2.30. The Morgan fingerprint density at radius 2 is 2.13 bits per heavy atom. The second kappa shape index (κ2) is 4.77. The molecule has 0 aromatic carbocycles. The van der Waals surface area contributed by atoms with E-state index >= 15 is 0 Å². The summed E-state index contributed by atoms with van der Waals surface area (Å²) in [5.41, 5.74) is 6.33. The molecule has 0 aliphatic carbocycles. The van der Waals surface area contributed by atoms with Crippen LogP contribution in [-0.4, -0.2) is 17.1 Å². The van der Waals surface area contributed by atoms with Gasteiger partial charge in [-0.3, -0.25) is 4.98 Å². The van der Waals surface area contributed by atoms with Crippen molar-refractivity contribution in [3.63, 3.8) is 0 Å². The number of carbonyl (C=O) groups excluding carboxylic acids is 1. The van der Waals surface area contributed by atoms with Gasteiger partial charge in [0.1, 0.15) is 6.10 Å². The topological polar surface area (TPSA) is 65.2 Å². The number of anilines is 1. The largest absolute Gasteiger partial charge is 0.459 e. The fraction of sp³-hybridized carbons (Fsp3) is 0.455. The Balaban J connectivity index is 2.74. The van der Waals surface area contributed by atoms with Crippen LogP contribution >= 0.6 is 0 Å². The Labute approximate surface area is 89.5 Å². The fourth-order valence-electron chi connectivity index (χ4n) is 0.961. The minimum atomic E-state index is -0.392. The molecule has 0 saturated carbocycles. The van der Waals surface area contributed by atoms with Crippen LogP contribution in [0.3, 0.4) is 0 Å². The van der Waals surface area contributed by atoms with Crippen LogP contribution in [0, 0.1) is 5.92 Å². The number of nitrogen functional groups attached to an aromatic ring is 1. The summed E-state index contributed by atoms with van der Waals surface area (Å²) in [6, 6.07) is 1.56. The lowest BCUT2D eigenvalue weighted by atomic mass is 10.1. The van der Waals surface area contributed by atoms with E-state index in [9.17, 15) is 4.79 Å². The predicted octanol–water partition coefficient (Wildman–Crippen LogP) is 1.87. The van der Waals surface area contributed by atoms with Crippen molar-refractivity contribution in [1.29, 1.82) is 0 Å². The molecule has 0 amide bonds. The van der Waals surface area contributed by atoms with Crippen LogP contribution in [0.1, 0.15) is 31.1 Å². The lowest BCUT2D eigenvalue weighted by Crippen LogP contribution is -2.20. The van der Waals surface area contributed by atoms with Gasteiger partial charge in [0.2, 0.25) is 0 Å². The quantitative estimate of drug-likeness (QED) is 0.770. The van der Waals surface area contributed by atoms with E-state index in [4.69, 9.17) is 10.5 Å². The van der Waals surface area contributed by atoms with Crippen LogP contribution in [0.25, 0.3) is 0 Å². The second-order valence-electron chi connectivity index (χ2n) is 3.82. The van der Waals surface area contributed by atoms with E-state index < -0.39 is 5.97 Å². The van der Waals surface area contributed by atoms with E-state index in [2.05, 4.69) is 4.98 Å². The smallest absolute Gasteiger partial charge is 0.340 e. The van der Waals surface area contributed by atoms with E-state index in [1.807, 2.05) is 20.8 Å². The molecule has 1 atom stereocenters. The number of carbonyl (C=O) groups is 1. The average Bonchev–Trinajstić information content (AvgIpc) is 2.18. The maximum Gasteiger partial charge on any atom is 0.340 e. The van der Waals surface area contributed by atoms with E-state index in [1.54, 1.807) is 6.07 Å². The lowest BCUT2D eigenvalue weighted by molar-refractivity contribution is 0.0239. The molecule has 0 fully saturated rings. The number of hydrogen-bond acceptors (Lipinski definition) is 4. The number of rotatable bonds is 3. The fourth-order valence-corrected chi connectivity index (χ4v) is 0.961. The SMILES string of the molecule is CC(C)C(C)OC(=O)c1ccncc1N. The van der Waals surface area contributed by atoms with Gasteiger partial charge in [0.05, 0.1) is 17.4 Å². The standard InChI is InChI=1S/C11H16N2O2/c1-7(2)8(3)15-11(14)9-4-5-13-6-10(9)12/h4-8H,12H2,1-3H3. The van der Waals surface area contributed by atoms with Gasteiger partial charge in [-0.05, 0) is 18.9 Å². The molecule has 1 aromatic heterocycles. The number of esters is 1. The second-order valence-corrected chi connectivity index (χ2v) is 3.82. The molecule has 0 bridgehead atoms. The number of ether oxygens (including phenoxy) is 1. The summed E-state index contributed by atoms with van der Waals surface area (Å²) in [6.07, 6.45) is 2.84. The van der Waals surface area contributed by atoms with Gasteiger partial charge in [-0.15, -0.1) is 0 Å². The first kappa shape index (κ1) is 11.5. The van der Waals surface area contributed by atoms with Crippen molar-refractivity contribution in [1.82, 2.24) is 4.98 Å². The maximum atomic E-state index is 11.7. The molecule has 82 valence electrons. The molecule has 0 saturated heterocycles. The van der Waals surface area contributed by atoms with Crippen LogP contribution in [0.2, 0.25) is 0 Å². The van der Waals surface area contributed by atoms with Crippen molar-refractivity contribution in [3.05, 3.63) is 24.0 Å². The zero-order chi connectivity index (χ0) is 11.4. The number of pyridine rings is 1. The van der Waals surface area contributed by atoms with Gasteiger partial charge in [0, 0.05) is 6.20 Å². The van der Waals surface area contributed by atoms with Gasteiger partial charge in [0.25, 0.3) is 0 Å². The van der Waals surface area contributed by atoms with E-state index in [1.165, 1.54) is 12.4 Å². The molecule has 1 heterocycles. The molecule has 0 aliphatic rings. The van der Waals surface area contributed by atoms with Crippen LogP contribution in [0.5, 0.6) is 0 Å². The Morgan fingerprint density at radius 1 is 1.47 bits per heavy atom. The van der Waals surface area contributed by atoms with Crippen molar-refractivity contribution in [2.45, 2.75) is 26.9 Å². The zero-order valence-corrected chi connectivity index (χ0v) is 9.23. The number of aromatic nitrogens is 1. The molecule has 15 heavy (non-hydrogen) atoms. The molecular formula is C11H16N2O2. The molecule has 1 unspecified atom stereocenters. The van der Waals surface area contributed by atoms with Gasteiger partial charge in [-0.25, -0.2) is 4.79 Å². The number of nitrogens with zero attached hydrogens (tertiary/aromatic N) is 1. The molecule has 0 aliphatic heterocycles. The van der Waals surface area contributed by atoms with Crippen LogP contribution in [0.4, 0.5) is 5.69 Å². The third-order valence-corrected chi connectivity index (χ3v) is 2.30. The number of nitrogens with two attached hydrogens (primary N) is 1. The minimum absolute atomic E-state index is 0.120. The normalized spacial score (nSPS) is 12.5. The summed E-state index contributed by atoms with van der Waals surface area (Å²) in [6.45, 7) is 5.85. The Kier molecular flexibility index (Phi) is 3.66. The zero-order valence-electron chi connectivity index (χ0n) is 9.23. The first-order valence-electron chi connectivity index (χ1n) is 4.93. The summed E-state index contributed by atoms with van der Waals surface area (Å²) in [5, 5.41) is 0. The summed E-state index contributed by atoms with van der Waals surface area (Å²) in [5.74, 6) is -0.104. The molecule has 1 rings (SSSR count). The molecule has 4 heteroatoms. The first-order chi connectivity index (χ1) is 7.02. The summed E-state index contributed by atoms with van der Waals surface area (Å²) < 4.78 is 5.23. The average molecular weight is 208 g/mol. The molecule has 2 N–H and O–H groups in total. The van der Waals surface area contributed by atoms with Gasteiger partial charge in [0.15, 0.2) is 0 Å². The van der Waals surface area contributed by atoms with Crippen molar-refractivity contribution < 1.29 is 9.53 Å².